The second-order valence-electron chi connectivity index (χ2n) is 7.34. The highest BCUT2D eigenvalue weighted by Gasteiger charge is 2.37. The Morgan fingerprint density at radius 2 is 1.87 bits per heavy atom. The number of aromatic nitrogens is 4. The van der Waals surface area contributed by atoms with Gasteiger partial charge in [-0.15, -0.1) is 5.10 Å². The Hall–Kier alpha value is -3.53. The van der Waals surface area contributed by atoms with Gasteiger partial charge in [0.1, 0.15) is 6.04 Å². The van der Waals surface area contributed by atoms with Gasteiger partial charge >= 0.3 is 0 Å². The van der Waals surface area contributed by atoms with Crippen LogP contribution in [0.15, 0.2) is 24.3 Å². The zero-order valence-electron chi connectivity index (χ0n) is 17.8. The summed E-state index contributed by atoms with van der Waals surface area (Å²) in [6, 6.07) is 7.36. The molecule has 0 saturated heterocycles. The SMILES string of the molecule is COc1ccc(-n2nnnc2C2c3c(cc4c(c3OC)OCO4)CCN2C)cc1OC. The molecule has 3 heterocycles. The number of fused-ring (bicyclic) bond motifs is 2. The van der Waals surface area contributed by atoms with Crippen LogP contribution in [0.3, 0.4) is 0 Å². The summed E-state index contributed by atoms with van der Waals surface area (Å²) in [5.74, 6) is 3.87. The maximum atomic E-state index is 5.80. The number of nitrogens with zero attached hydrogens (tertiary/aromatic N) is 5. The molecular formula is C21H23N5O5. The van der Waals surface area contributed by atoms with E-state index in [1.54, 1.807) is 26.0 Å². The van der Waals surface area contributed by atoms with Crippen LogP contribution in [0.4, 0.5) is 0 Å². The summed E-state index contributed by atoms with van der Waals surface area (Å²) in [4.78, 5) is 2.20. The fourth-order valence-corrected chi connectivity index (χ4v) is 4.26. The normalized spacial score (nSPS) is 17.4. The predicted molar refractivity (Wildman–Crippen MR) is 110 cm³/mol. The first-order valence-corrected chi connectivity index (χ1v) is 9.86. The Morgan fingerprint density at radius 1 is 1.03 bits per heavy atom. The number of benzene rings is 2. The van der Waals surface area contributed by atoms with E-state index in [2.05, 4.69) is 20.4 Å². The van der Waals surface area contributed by atoms with Crippen LogP contribution in [-0.4, -0.2) is 66.8 Å². The van der Waals surface area contributed by atoms with Crippen molar-refractivity contribution in [2.75, 3.05) is 41.7 Å². The highest BCUT2D eigenvalue weighted by Crippen LogP contribution is 2.50. The molecule has 5 rings (SSSR count). The van der Waals surface area contributed by atoms with Crippen molar-refractivity contribution in [3.63, 3.8) is 0 Å². The molecule has 0 saturated carbocycles. The maximum Gasteiger partial charge on any atom is 0.231 e. The summed E-state index contributed by atoms with van der Waals surface area (Å²) >= 11 is 0. The van der Waals surface area contributed by atoms with Gasteiger partial charge in [0.2, 0.25) is 12.5 Å². The zero-order chi connectivity index (χ0) is 21.5. The zero-order valence-corrected chi connectivity index (χ0v) is 17.8. The van der Waals surface area contributed by atoms with Crippen molar-refractivity contribution in [3.8, 4) is 34.4 Å². The minimum Gasteiger partial charge on any atom is -0.493 e. The van der Waals surface area contributed by atoms with Crippen molar-refractivity contribution in [1.82, 2.24) is 25.1 Å². The number of tetrazole rings is 1. The van der Waals surface area contributed by atoms with E-state index >= 15 is 0 Å². The molecule has 0 spiro atoms. The van der Waals surface area contributed by atoms with Crippen LogP contribution < -0.4 is 23.7 Å². The first kappa shape index (κ1) is 19.4. The molecule has 1 unspecified atom stereocenters. The minimum absolute atomic E-state index is 0.179. The lowest BCUT2D eigenvalue weighted by Crippen LogP contribution is -2.35. The van der Waals surface area contributed by atoms with Gasteiger partial charge in [-0.25, -0.2) is 0 Å². The highest BCUT2D eigenvalue weighted by atomic mass is 16.7. The van der Waals surface area contributed by atoms with Crippen molar-refractivity contribution in [2.24, 2.45) is 0 Å². The van der Waals surface area contributed by atoms with E-state index in [1.165, 1.54) is 0 Å². The smallest absolute Gasteiger partial charge is 0.231 e. The Balaban J connectivity index is 1.67. The first-order chi connectivity index (χ1) is 15.2. The van der Waals surface area contributed by atoms with Crippen molar-refractivity contribution < 1.29 is 23.7 Å². The van der Waals surface area contributed by atoms with E-state index in [-0.39, 0.29) is 12.8 Å². The standard InChI is InChI=1S/C21H23N5O5/c1-25-8-7-12-9-16-19(31-11-30-16)20(29-4)17(12)18(25)21-22-23-24-26(21)13-5-6-14(27-2)15(10-13)28-3/h5-6,9-10,18H,7-8,11H2,1-4H3. The third-order valence-electron chi connectivity index (χ3n) is 5.75. The molecule has 10 nitrogen and oxygen atoms in total. The van der Waals surface area contributed by atoms with E-state index in [0.29, 0.717) is 34.6 Å². The van der Waals surface area contributed by atoms with Crippen molar-refractivity contribution in [1.29, 1.82) is 0 Å². The Bertz CT molecular complexity index is 1130. The van der Waals surface area contributed by atoms with Crippen LogP contribution in [0, 0.1) is 0 Å². The molecule has 162 valence electrons. The summed E-state index contributed by atoms with van der Waals surface area (Å²) in [6.07, 6.45) is 0.854. The quantitative estimate of drug-likeness (QED) is 0.608. The van der Waals surface area contributed by atoms with E-state index in [9.17, 15) is 0 Å². The molecule has 0 aliphatic carbocycles. The predicted octanol–water partition coefficient (Wildman–Crippen LogP) is 1.99. The van der Waals surface area contributed by atoms with Gasteiger partial charge in [0.05, 0.1) is 27.0 Å². The summed E-state index contributed by atoms with van der Waals surface area (Å²) in [6.45, 7) is 1.01. The molecule has 0 bridgehead atoms. The number of likely N-dealkylation sites (N-methyl/N-ethyl adjacent to an activating group) is 1. The van der Waals surface area contributed by atoms with Crippen LogP contribution in [0.2, 0.25) is 0 Å². The molecule has 2 aliphatic heterocycles. The maximum absolute atomic E-state index is 5.80. The number of hydrogen-bond donors (Lipinski definition) is 0. The van der Waals surface area contributed by atoms with Crippen LogP contribution in [0.25, 0.3) is 5.69 Å². The van der Waals surface area contributed by atoms with E-state index < -0.39 is 0 Å². The largest absolute Gasteiger partial charge is 0.493 e. The Labute approximate surface area is 179 Å². The summed E-state index contributed by atoms with van der Waals surface area (Å²) in [7, 11) is 6.89. The van der Waals surface area contributed by atoms with E-state index in [1.807, 2.05) is 31.3 Å². The monoisotopic (exact) mass is 425 g/mol. The average Bonchev–Trinajstić information content (AvgIpc) is 3.46. The molecule has 31 heavy (non-hydrogen) atoms. The van der Waals surface area contributed by atoms with Crippen molar-refractivity contribution in [2.45, 2.75) is 12.5 Å². The molecule has 2 aromatic carbocycles. The molecule has 3 aromatic rings. The highest BCUT2D eigenvalue weighted by molar-refractivity contribution is 5.63. The molecule has 0 amide bonds. The Kier molecular flexibility index (Phi) is 4.78. The number of methoxy groups -OCH3 is 3. The van der Waals surface area contributed by atoms with Gasteiger partial charge in [-0.3, -0.25) is 4.90 Å². The fourth-order valence-electron chi connectivity index (χ4n) is 4.26. The lowest BCUT2D eigenvalue weighted by atomic mass is 9.90. The third-order valence-corrected chi connectivity index (χ3v) is 5.75. The molecule has 0 N–H and O–H groups in total. The summed E-state index contributed by atoms with van der Waals surface area (Å²) < 4.78 is 29.6. The van der Waals surface area contributed by atoms with Gasteiger partial charge in [0.25, 0.3) is 0 Å². The summed E-state index contributed by atoms with van der Waals surface area (Å²) in [5, 5.41) is 12.6. The van der Waals surface area contributed by atoms with Crippen molar-refractivity contribution >= 4 is 0 Å². The first-order valence-electron chi connectivity index (χ1n) is 9.86. The van der Waals surface area contributed by atoms with Gasteiger partial charge in [-0.2, -0.15) is 4.68 Å². The molecule has 1 aromatic heterocycles. The molecule has 2 aliphatic rings. The topological polar surface area (TPSA) is 93.0 Å². The molecular weight excluding hydrogens is 402 g/mol. The van der Waals surface area contributed by atoms with E-state index in [4.69, 9.17) is 23.7 Å². The van der Waals surface area contributed by atoms with Crippen LogP contribution in [0.1, 0.15) is 23.0 Å². The van der Waals surface area contributed by atoms with Crippen molar-refractivity contribution in [3.05, 3.63) is 41.2 Å². The average molecular weight is 425 g/mol. The second kappa shape index (κ2) is 7.62. The number of hydrogen-bond acceptors (Lipinski definition) is 9. The second-order valence-corrected chi connectivity index (χ2v) is 7.34. The molecule has 1 atom stereocenters. The number of rotatable bonds is 5. The lowest BCUT2D eigenvalue weighted by molar-refractivity contribution is 0.170. The fraction of sp³-hybridized carbons (Fsp3) is 0.381. The minimum atomic E-state index is -0.240. The Morgan fingerprint density at radius 3 is 2.65 bits per heavy atom. The van der Waals surface area contributed by atoms with Gasteiger partial charge in [0.15, 0.2) is 28.8 Å². The van der Waals surface area contributed by atoms with Crippen LogP contribution in [-0.2, 0) is 6.42 Å². The van der Waals surface area contributed by atoms with Crippen LogP contribution in [0.5, 0.6) is 28.7 Å². The summed E-state index contributed by atoms with van der Waals surface area (Å²) in [5.41, 5.74) is 2.88. The molecule has 0 fully saturated rings. The van der Waals surface area contributed by atoms with Crippen LogP contribution >= 0.6 is 0 Å². The molecule has 0 radical (unpaired) electrons. The molecule has 10 heteroatoms. The van der Waals surface area contributed by atoms with Gasteiger partial charge in [-0.05, 0) is 47.7 Å². The van der Waals surface area contributed by atoms with E-state index in [0.717, 1.165) is 29.8 Å². The lowest BCUT2D eigenvalue weighted by Gasteiger charge is -2.34. The van der Waals surface area contributed by atoms with Gasteiger partial charge < -0.3 is 23.7 Å². The third kappa shape index (κ3) is 3.02. The van der Waals surface area contributed by atoms with Gasteiger partial charge in [-0.1, -0.05) is 0 Å². The number of ether oxygens (including phenoxy) is 5. The van der Waals surface area contributed by atoms with Gasteiger partial charge in [0, 0.05) is 18.2 Å².